The first-order chi connectivity index (χ1) is 13.0. The molecule has 0 spiro atoms. The number of ether oxygens (including phenoxy) is 1. The van der Waals surface area contributed by atoms with Gasteiger partial charge in [-0.25, -0.2) is 9.50 Å². The number of piperazine rings is 1. The molecule has 9 heteroatoms. The Kier molecular flexibility index (Phi) is 4.77. The summed E-state index contributed by atoms with van der Waals surface area (Å²) in [4.78, 5) is 37.3. The van der Waals surface area contributed by atoms with Gasteiger partial charge in [0.1, 0.15) is 6.10 Å². The summed E-state index contributed by atoms with van der Waals surface area (Å²) >= 11 is 0. The number of carbonyl (C=O) groups is 2. The molecule has 144 valence electrons. The fourth-order valence-corrected chi connectivity index (χ4v) is 3.68. The van der Waals surface area contributed by atoms with E-state index in [-0.39, 0.29) is 24.3 Å². The molecule has 1 unspecified atom stereocenters. The monoisotopic (exact) mass is 372 g/mol. The van der Waals surface area contributed by atoms with Crippen LogP contribution in [0, 0.1) is 13.8 Å². The second-order valence-electron chi connectivity index (χ2n) is 7.16. The van der Waals surface area contributed by atoms with Gasteiger partial charge in [0.25, 0.3) is 11.7 Å². The summed E-state index contributed by atoms with van der Waals surface area (Å²) in [5, 5.41) is 4.40. The van der Waals surface area contributed by atoms with Crippen LogP contribution in [0.25, 0.3) is 5.78 Å². The first-order valence-corrected chi connectivity index (χ1v) is 9.39. The molecule has 2 aliphatic rings. The number of fused-ring (bicyclic) bond motifs is 1. The standard InChI is InChI=1S/C18H24N6O3/c1-12-10-13(2)24-18(19-12)20-15(21-24)11-16(25)22-5-7-23(8-6-22)17(26)14-4-3-9-27-14/h10,14H,3-9,11H2,1-2H3. The second kappa shape index (κ2) is 7.22. The van der Waals surface area contributed by atoms with E-state index in [0.29, 0.717) is 44.4 Å². The van der Waals surface area contributed by atoms with Gasteiger partial charge in [-0.2, -0.15) is 4.98 Å². The minimum atomic E-state index is -0.298. The van der Waals surface area contributed by atoms with Crippen LogP contribution in [0.2, 0.25) is 0 Å². The van der Waals surface area contributed by atoms with Crippen LogP contribution in [-0.2, 0) is 20.7 Å². The van der Waals surface area contributed by atoms with Crippen LogP contribution in [0.3, 0.4) is 0 Å². The van der Waals surface area contributed by atoms with E-state index in [2.05, 4.69) is 15.1 Å². The van der Waals surface area contributed by atoms with Crippen molar-refractivity contribution in [3.05, 3.63) is 23.3 Å². The molecule has 0 aromatic carbocycles. The van der Waals surface area contributed by atoms with Gasteiger partial charge in [-0.3, -0.25) is 9.59 Å². The van der Waals surface area contributed by atoms with Crippen LogP contribution >= 0.6 is 0 Å². The Hall–Kier alpha value is -2.55. The molecule has 4 heterocycles. The van der Waals surface area contributed by atoms with Gasteiger partial charge in [0, 0.05) is 44.2 Å². The zero-order chi connectivity index (χ0) is 19.0. The molecule has 2 aliphatic heterocycles. The minimum Gasteiger partial charge on any atom is -0.368 e. The van der Waals surface area contributed by atoms with Gasteiger partial charge in [0.2, 0.25) is 5.91 Å². The van der Waals surface area contributed by atoms with E-state index in [1.807, 2.05) is 19.9 Å². The normalized spacial score (nSPS) is 20.4. The third kappa shape index (κ3) is 3.64. The second-order valence-corrected chi connectivity index (χ2v) is 7.16. The van der Waals surface area contributed by atoms with Crippen LogP contribution in [0.15, 0.2) is 6.07 Å². The molecule has 2 fully saturated rings. The van der Waals surface area contributed by atoms with Crippen molar-refractivity contribution >= 4 is 17.6 Å². The Labute approximate surface area is 157 Å². The number of aromatic nitrogens is 4. The molecule has 9 nitrogen and oxygen atoms in total. The molecule has 2 saturated heterocycles. The van der Waals surface area contributed by atoms with Gasteiger partial charge in [-0.05, 0) is 32.8 Å². The van der Waals surface area contributed by atoms with Crippen molar-refractivity contribution in [2.24, 2.45) is 0 Å². The Morgan fingerprint density at radius 2 is 1.89 bits per heavy atom. The maximum atomic E-state index is 12.6. The first-order valence-electron chi connectivity index (χ1n) is 9.39. The van der Waals surface area contributed by atoms with Crippen molar-refractivity contribution in [1.82, 2.24) is 29.4 Å². The zero-order valence-electron chi connectivity index (χ0n) is 15.7. The maximum absolute atomic E-state index is 12.6. The number of hydrogen-bond acceptors (Lipinski definition) is 6. The van der Waals surface area contributed by atoms with Crippen molar-refractivity contribution < 1.29 is 14.3 Å². The van der Waals surface area contributed by atoms with Gasteiger partial charge in [-0.15, -0.1) is 5.10 Å². The lowest BCUT2D eigenvalue weighted by molar-refractivity contribution is -0.145. The maximum Gasteiger partial charge on any atom is 0.252 e. The Bertz CT molecular complexity index is 865. The number of nitrogens with zero attached hydrogens (tertiary/aromatic N) is 6. The highest BCUT2D eigenvalue weighted by Gasteiger charge is 2.31. The number of carbonyl (C=O) groups excluding carboxylic acids is 2. The molecule has 27 heavy (non-hydrogen) atoms. The van der Waals surface area contributed by atoms with Crippen molar-refractivity contribution in [2.75, 3.05) is 32.8 Å². The van der Waals surface area contributed by atoms with Crippen molar-refractivity contribution in [1.29, 1.82) is 0 Å². The van der Waals surface area contributed by atoms with Gasteiger partial charge in [0.05, 0.1) is 6.42 Å². The Morgan fingerprint density at radius 1 is 1.15 bits per heavy atom. The molecule has 0 saturated carbocycles. The zero-order valence-corrected chi connectivity index (χ0v) is 15.7. The molecule has 2 aromatic heterocycles. The molecule has 4 rings (SSSR count). The largest absolute Gasteiger partial charge is 0.368 e. The summed E-state index contributed by atoms with van der Waals surface area (Å²) in [6.45, 7) is 6.65. The third-order valence-electron chi connectivity index (χ3n) is 5.12. The number of rotatable bonds is 3. The predicted molar refractivity (Wildman–Crippen MR) is 96.1 cm³/mol. The molecular formula is C18H24N6O3. The Morgan fingerprint density at radius 3 is 2.59 bits per heavy atom. The predicted octanol–water partition coefficient (Wildman–Crippen LogP) is 0.133. The fourth-order valence-electron chi connectivity index (χ4n) is 3.68. The summed E-state index contributed by atoms with van der Waals surface area (Å²) in [6, 6.07) is 1.93. The minimum absolute atomic E-state index is 0.0236. The highest BCUT2D eigenvalue weighted by molar-refractivity contribution is 5.82. The van der Waals surface area contributed by atoms with Crippen LogP contribution < -0.4 is 0 Å². The fraction of sp³-hybridized carbons (Fsp3) is 0.611. The Balaban J connectivity index is 1.35. The lowest BCUT2D eigenvalue weighted by Gasteiger charge is -2.35. The summed E-state index contributed by atoms with van der Waals surface area (Å²) in [7, 11) is 0. The highest BCUT2D eigenvalue weighted by atomic mass is 16.5. The van der Waals surface area contributed by atoms with Crippen LogP contribution in [0.4, 0.5) is 0 Å². The molecule has 0 bridgehead atoms. The van der Waals surface area contributed by atoms with Gasteiger partial charge >= 0.3 is 0 Å². The van der Waals surface area contributed by atoms with Gasteiger partial charge in [-0.1, -0.05) is 0 Å². The van der Waals surface area contributed by atoms with Crippen molar-refractivity contribution in [2.45, 2.75) is 39.2 Å². The quantitative estimate of drug-likeness (QED) is 0.761. The average Bonchev–Trinajstić information content (AvgIpc) is 3.31. The highest BCUT2D eigenvalue weighted by Crippen LogP contribution is 2.16. The van der Waals surface area contributed by atoms with Gasteiger partial charge < -0.3 is 14.5 Å². The van der Waals surface area contributed by atoms with E-state index in [1.54, 1.807) is 14.3 Å². The SMILES string of the molecule is Cc1cc(C)n2nc(CC(=O)N3CCN(C(=O)C4CCCO4)CC3)nc2n1. The smallest absolute Gasteiger partial charge is 0.252 e. The van der Waals surface area contributed by atoms with E-state index in [4.69, 9.17) is 4.74 Å². The van der Waals surface area contributed by atoms with E-state index in [0.717, 1.165) is 24.2 Å². The lowest BCUT2D eigenvalue weighted by Crippen LogP contribution is -2.53. The van der Waals surface area contributed by atoms with E-state index < -0.39 is 0 Å². The van der Waals surface area contributed by atoms with Crippen molar-refractivity contribution in [3.63, 3.8) is 0 Å². The number of hydrogen-bond donors (Lipinski definition) is 0. The third-order valence-corrected chi connectivity index (χ3v) is 5.12. The molecule has 2 aromatic rings. The molecule has 1 atom stereocenters. The molecule has 0 aliphatic carbocycles. The molecule has 0 N–H and O–H groups in total. The first kappa shape index (κ1) is 17.8. The van der Waals surface area contributed by atoms with Crippen LogP contribution in [0.5, 0.6) is 0 Å². The number of aryl methyl sites for hydroxylation is 2. The van der Waals surface area contributed by atoms with E-state index in [1.165, 1.54) is 0 Å². The van der Waals surface area contributed by atoms with E-state index >= 15 is 0 Å². The molecule has 0 radical (unpaired) electrons. The van der Waals surface area contributed by atoms with Crippen LogP contribution in [0.1, 0.15) is 30.1 Å². The molecular weight excluding hydrogens is 348 g/mol. The topological polar surface area (TPSA) is 92.9 Å². The number of amides is 2. The van der Waals surface area contributed by atoms with Crippen molar-refractivity contribution in [3.8, 4) is 0 Å². The molecule has 2 amide bonds. The van der Waals surface area contributed by atoms with Gasteiger partial charge in [0.15, 0.2) is 5.82 Å². The summed E-state index contributed by atoms with van der Waals surface area (Å²) < 4.78 is 7.13. The summed E-state index contributed by atoms with van der Waals surface area (Å²) in [6.07, 6.45) is 1.58. The average molecular weight is 372 g/mol. The van der Waals surface area contributed by atoms with Crippen LogP contribution in [-0.4, -0.2) is 80.1 Å². The van der Waals surface area contributed by atoms with E-state index in [9.17, 15) is 9.59 Å². The summed E-state index contributed by atoms with van der Waals surface area (Å²) in [5.41, 5.74) is 1.81. The summed E-state index contributed by atoms with van der Waals surface area (Å²) in [5.74, 6) is 1.02. The lowest BCUT2D eigenvalue weighted by atomic mass is 10.2.